The average Bonchev–Trinajstić information content (AvgIpc) is 2.48. The highest BCUT2D eigenvalue weighted by Crippen LogP contribution is 2.28. The quantitative estimate of drug-likeness (QED) is 0.882. The monoisotopic (exact) mass is 302 g/mol. The van der Waals surface area contributed by atoms with Crippen LogP contribution < -0.4 is 10.5 Å². The van der Waals surface area contributed by atoms with Gasteiger partial charge < -0.3 is 10.5 Å². The number of benzene rings is 2. The van der Waals surface area contributed by atoms with Gasteiger partial charge in [-0.05, 0) is 41.3 Å². The Labute approximate surface area is 130 Å². The van der Waals surface area contributed by atoms with Crippen molar-refractivity contribution in [3.05, 3.63) is 58.1 Å². The Morgan fingerprint density at radius 2 is 2.14 bits per heavy atom. The first kappa shape index (κ1) is 14.2. The molecule has 0 aromatic heterocycles. The summed E-state index contributed by atoms with van der Waals surface area (Å²) in [6.45, 7) is 2.84. The molecule has 110 valence electrons. The summed E-state index contributed by atoms with van der Waals surface area (Å²) in [7, 11) is 1.63. The maximum absolute atomic E-state index is 6.19. The minimum atomic E-state index is 0.664. The highest BCUT2D eigenvalue weighted by atomic mass is 35.5. The van der Waals surface area contributed by atoms with Crippen LogP contribution in [0.15, 0.2) is 36.4 Å². The first-order valence-corrected chi connectivity index (χ1v) is 7.46. The molecule has 2 aromatic carbocycles. The van der Waals surface area contributed by atoms with Crippen LogP contribution in [0.4, 0.5) is 5.69 Å². The summed E-state index contributed by atoms with van der Waals surface area (Å²) in [5, 5.41) is 0.664. The molecular formula is C17H19ClN2O. The summed E-state index contributed by atoms with van der Waals surface area (Å²) in [4.78, 5) is 2.42. The van der Waals surface area contributed by atoms with E-state index in [1.165, 1.54) is 16.7 Å². The van der Waals surface area contributed by atoms with E-state index in [0.29, 0.717) is 5.02 Å². The third kappa shape index (κ3) is 2.99. The molecule has 0 saturated heterocycles. The molecule has 0 saturated carbocycles. The molecule has 4 heteroatoms. The van der Waals surface area contributed by atoms with Crippen molar-refractivity contribution < 1.29 is 4.74 Å². The molecule has 1 aliphatic rings. The Hall–Kier alpha value is -1.71. The van der Waals surface area contributed by atoms with Crippen molar-refractivity contribution in [2.45, 2.75) is 19.5 Å². The lowest BCUT2D eigenvalue weighted by molar-refractivity contribution is 0.246. The zero-order valence-electron chi connectivity index (χ0n) is 12.1. The largest absolute Gasteiger partial charge is 0.495 e. The average molecular weight is 303 g/mol. The fourth-order valence-electron chi connectivity index (χ4n) is 2.90. The SMILES string of the molecule is COc1ccc(CN2CCc3c(N)cccc3C2)cc1Cl. The Bertz CT molecular complexity index is 657. The third-order valence-corrected chi connectivity index (χ3v) is 4.30. The second-order valence-electron chi connectivity index (χ2n) is 5.41. The van der Waals surface area contributed by atoms with Crippen molar-refractivity contribution in [3.63, 3.8) is 0 Å². The molecule has 21 heavy (non-hydrogen) atoms. The number of ether oxygens (including phenoxy) is 1. The zero-order chi connectivity index (χ0) is 14.8. The molecule has 2 aromatic rings. The van der Waals surface area contributed by atoms with Crippen molar-refractivity contribution in [1.29, 1.82) is 0 Å². The number of hydrogen-bond donors (Lipinski definition) is 1. The fourth-order valence-corrected chi connectivity index (χ4v) is 3.18. The predicted molar refractivity (Wildman–Crippen MR) is 86.7 cm³/mol. The van der Waals surface area contributed by atoms with Crippen molar-refractivity contribution >= 4 is 17.3 Å². The summed E-state index contributed by atoms with van der Waals surface area (Å²) < 4.78 is 5.19. The Morgan fingerprint density at radius 3 is 2.90 bits per heavy atom. The fraction of sp³-hybridized carbons (Fsp3) is 0.294. The predicted octanol–water partition coefficient (Wildman–Crippen LogP) is 3.49. The van der Waals surface area contributed by atoms with Crippen LogP contribution in [-0.2, 0) is 19.5 Å². The topological polar surface area (TPSA) is 38.5 Å². The Kier molecular flexibility index (Phi) is 4.04. The zero-order valence-corrected chi connectivity index (χ0v) is 12.9. The minimum absolute atomic E-state index is 0.664. The van der Waals surface area contributed by atoms with Gasteiger partial charge in [0.1, 0.15) is 5.75 Å². The van der Waals surface area contributed by atoms with E-state index in [1.54, 1.807) is 7.11 Å². The van der Waals surface area contributed by atoms with Crippen LogP contribution in [0.5, 0.6) is 5.75 Å². The van der Waals surface area contributed by atoms with Gasteiger partial charge in [-0.2, -0.15) is 0 Å². The Morgan fingerprint density at radius 1 is 1.29 bits per heavy atom. The lowest BCUT2D eigenvalue weighted by Gasteiger charge is -2.29. The number of methoxy groups -OCH3 is 1. The van der Waals surface area contributed by atoms with E-state index in [2.05, 4.69) is 17.0 Å². The van der Waals surface area contributed by atoms with Crippen LogP contribution in [0, 0.1) is 0 Å². The molecule has 0 radical (unpaired) electrons. The van der Waals surface area contributed by atoms with Crippen LogP contribution in [0.2, 0.25) is 5.02 Å². The van der Waals surface area contributed by atoms with E-state index in [1.807, 2.05) is 24.3 Å². The summed E-state index contributed by atoms with van der Waals surface area (Å²) in [5.74, 6) is 0.720. The minimum Gasteiger partial charge on any atom is -0.495 e. The van der Waals surface area contributed by atoms with E-state index >= 15 is 0 Å². The van der Waals surface area contributed by atoms with Gasteiger partial charge in [0, 0.05) is 25.3 Å². The van der Waals surface area contributed by atoms with E-state index in [4.69, 9.17) is 22.1 Å². The number of nitrogen functional groups attached to an aromatic ring is 1. The highest BCUT2D eigenvalue weighted by molar-refractivity contribution is 6.32. The molecule has 0 fully saturated rings. The molecule has 0 bridgehead atoms. The molecule has 0 unspecified atom stereocenters. The van der Waals surface area contributed by atoms with Crippen LogP contribution in [0.25, 0.3) is 0 Å². The molecule has 0 spiro atoms. The number of nitrogens with zero attached hydrogens (tertiary/aromatic N) is 1. The number of rotatable bonds is 3. The number of anilines is 1. The third-order valence-electron chi connectivity index (χ3n) is 4.00. The molecule has 1 heterocycles. The van der Waals surface area contributed by atoms with Gasteiger partial charge >= 0.3 is 0 Å². The van der Waals surface area contributed by atoms with Gasteiger partial charge in [-0.25, -0.2) is 0 Å². The lowest BCUT2D eigenvalue weighted by Crippen LogP contribution is -2.30. The van der Waals surface area contributed by atoms with Crippen molar-refractivity contribution in [2.75, 3.05) is 19.4 Å². The number of fused-ring (bicyclic) bond motifs is 1. The molecule has 0 atom stereocenters. The molecule has 2 N–H and O–H groups in total. The molecule has 3 nitrogen and oxygen atoms in total. The summed E-state index contributed by atoms with van der Waals surface area (Å²) in [5.41, 5.74) is 10.8. The van der Waals surface area contributed by atoms with E-state index in [9.17, 15) is 0 Å². The molecule has 0 amide bonds. The van der Waals surface area contributed by atoms with Crippen molar-refractivity contribution in [1.82, 2.24) is 4.90 Å². The molecule has 0 aliphatic carbocycles. The van der Waals surface area contributed by atoms with E-state index < -0.39 is 0 Å². The first-order valence-electron chi connectivity index (χ1n) is 7.08. The maximum atomic E-state index is 6.19. The summed E-state index contributed by atoms with van der Waals surface area (Å²) in [6, 6.07) is 12.2. The number of hydrogen-bond acceptors (Lipinski definition) is 3. The van der Waals surface area contributed by atoms with Crippen molar-refractivity contribution in [3.8, 4) is 5.75 Å². The van der Waals surface area contributed by atoms with E-state index in [-0.39, 0.29) is 0 Å². The van der Waals surface area contributed by atoms with Gasteiger partial charge in [0.15, 0.2) is 0 Å². The van der Waals surface area contributed by atoms with Gasteiger partial charge in [0.05, 0.1) is 12.1 Å². The molecular weight excluding hydrogens is 284 g/mol. The van der Waals surface area contributed by atoms with Gasteiger partial charge in [0.2, 0.25) is 0 Å². The second-order valence-corrected chi connectivity index (χ2v) is 5.82. The lowest BCUT2D eigenvalue weighted by atomic mass is 9.97. The van der Waals surface area contributed by atoms with Gasteiger partial charge in [0.25, 0.3) is 0 Å². The number of nitrogens with two attached hydrogens (primary N) is 1. The van der Waals surface area contributed by atoms with Crippen molar-refractivity contribution in [2.24, 2.45) is 0 Å². The van der Waals surface area contributed by atoms with Crippen LogP contribution in [-0.4, -0.2) is 18.6 Å². The maximum Gasteiger partial charge on any atom is 0.137 e. The van der Waals surface area contributed by atoms with Crippen LogP contribution in [0.1, 0.15) is 16.7 Å². The van der Waals surface area contributed by atoms with Crippen LogP contribution in [0.3, 0.4) is 0 Å². The van der Waals surface area contributed by atoms with E-state index in [0.717, 1.165) is 37.5 Å². The highest BCUT2D eigenvalue weighted by Gasteiger charge is 2.18. The summed E-state index contributed by atoms with van der Waals surface area (Å²) >= 11 is 6.19. The summed E-state index contributed by atoms with van der Waals surface area (Å²) in [6.07, 6.45) is 1.01. The normalized spacial score (nSPS) is 14.8. The first-order chi connectivity index (χ1) is 10.2. The molecule has 3 rings (SSSR count). The Balaban J connectivity index is 1.74. The van der Waals surface area contributed by atoms with Gasteiger partial charge in [-0.1, -0.05) is 29.8 Å². The number of halogens is 1. The second kappa shape index (κ2) is 5.96. The van der Waals surface area contributed by atoms with Gasteiger partial charge in [-0.3, -0.25) is 4.90 Å². The van der Waals surface area contributed by atoms with Crippen LogP contribution >= 0.6 is 11.6 Å². The smallest absolute Gasteiger partial charge is 0.137 e. The van der Waals surface area contributed by atoms with Gasteiger partial charge in [-0.15, -0.1) is 0 Å². The standard InChI is InChI=1S/C17H19ClN2O/c1-21-17-6-5-12(9-15(17)18)10-20-8-7-14-13(11-20)3-2-4-16(14)19/h2-6,9H,7-8,10-11,19H2,1H3. The molecule has 1 aliphatic heterocycles.